The maximum atomic E-state index is 12.7. The molecule has 1 heterocycles. The summed E-state index contributed by atoms with van der Waals surface area (Å²) in [5, 5.41) is 2.23. The predicted octanol–water partition coefficient (Wildman–Crippen LogP) is 5.66. The third kappa shape index (κ3) is 3.33. The number of fused-ring (bicyclic) bond motifs is 2. The number of Topliss-reactive ketones (excluding diaryl/α,β-unsaturated/α-hetero) is 1. The summed E-state index contributed by atoms with van der Waals surface area (Å²) in [4.78, 5) is 12.7. The molecule has 130 valence electrons. The van der Waals surface area contributed by atoms with Crippen LogP contribution in [0.4, 0.5) is 0 Å². The summed E-state index contributed by atoms with van der Waals surface area (Å²) < 4.78 is 12.6. The first-order valence-electron chi connectivity index (χ1n) is 8.51. The highest BCUT2D eigenvalue weighted by Gasteiger charge is 2.27. The van der Waals surface area contributed by atoms with Crippen LogP contribution in [0.2, 0.25) is 0 Å². The summed E-state index contributed by atoms with van der Waals surface area (Å²) >= 11 is 2.32. The van der Waals surface area contributed by atoms with Crippen LogP contribution < -0.4 is 9.47 Å². The summed E-state index contributed by atoms with van der Waals surface area (Å²) in [6.07, 6.45) is 2.81. The average Bonchev–Trinajstić information content (AvgIpc) is 2.97. The minimum Gasteiger partial charge on any atom is -0.493 e. The summed E-state index contributed by atoms with van der Waals surface area (Å²) in [6, 6.07) is 19.5. The lowest BCUT2D eigenvalue weighted by Gasteiger charge is -2.06. The second kappa shape index (κ2) is 7.50. The van der Waals surface area contributed by atoms with Gasteiger partial charge in [-0.2, -0.15) is 0 Å². The molecule has 1 aliphatic heterocycles. The molecular formula is C22H17IO3. The van der Waals surface area contributed by atoms with Crippen LogP contribution in [-0.2, 0) is 0 Å². The van der Waals surface area contributed by atoms with E-state index in [9.17, 15) is 4.79 Å². The van der Waals surface area contributed by atoms with E-state index in [0.717, 1.165) is 32.9 Å². The number of ether oxygens (including phenoxy) is 2. The number of benzene rings is 3. The van der Waals surface area contributed by atoms with Gasteiger partial charge in [-0.1, -0.05) is 65.1 Å². The zero-order valence-corrected chi connectivity index (χ0v) is 16.2. The molecule has 0 atom stereocenters. The number of hydrogen-bond donors (Lipinski definition) is 0. The summed E-state index contributed by atoms with van der Waals surface area (Å²) in [5.41, 5.74) is 1.55. The van der Waals surface area contributed by atoms with E-state index in [-0.39, 0.29) is 5.78 Å². The van der Waals surface area contributed by atoms with Gasteiger partial charge in [0, 0.05) is 10.5 Å². The van der Waals surface area contributed by atoms with Crippen molar-refractivity contribution in [3.05, 3.63) is 77.5 Å². The number of hydrogen-bond acceptors (Lipinski definition) is 3. The van der Waals surface area contributed by atoms with Crippen molar-refractivity contribution in [2.45, 2.75) is 6.42 Å². The Bertz CT molecular complexity index is 1000. The minimum atomic E-state index is -0.0910. The number of carbonyl (C=O) groups is 1. The lowest BCUT2D eigenvalue weighted by Crippen LogP contribution is -1.98. The van der Waals surface area contributed by atoms with Gasteiger partial charge >= 0.3 is 0 Å². The van der Waals surface area contributed by atoms with Crippen LogP contribution in [0, 0.1) is 0 Å². The first kappa shape index (κ1) is 17.1. The fourth-order valence-corrected chi connectivity index (χ4v) is 3.33. The van der Waals surface area contributed by atoms with Crippen molar-refractivity contribution < 1.29 is 14.3 Å². The highest BCUT2D eigenvalue weighted by molar-refractivity contribution is 14.1. The van der Waals surface area contributed by atoms with Gasteiger partial charge < -0.3 is 9.47 Å². The zero-order valence-electron chi connectivity index (χ0n) is 14.1. The number of rotatable bonds is 5. The van der Waals surface area contributed by atoms with Crippen LogP contribution in [0.25, 0.3) is 16.8 Å². The minimum absolute atomic E-state index is 0.0910. The summed E-state index contributed by atoms with van der Waals surface area (Å²) in [5.74, 6) is 1.55. The van der Waals surface area contributed by atoms with Crippen molar-refractivity contribution in [2.75, 3.05) is 11.0 Å². The molecule has 0 unspecified atom stereocenters. The van der Waals surface area contributed by atoms with Crippen LogP contribution in [-0.4, -0.2) is 16.8 Å². The lowest BCUT2D eigenvalue weighted by atomic mass is 10.0. The first-order valence-corrected chi connectivity index (χ1v) is 10.0. The molecule has 0 saturated heterocycles. The Morgan fingerprint density at radius 1 is 1.04 bits per heavy atom. The van der Waals surface area contributed by atoms with E-state index in [1.165, 1.54) is 0 Å². The molecular weight excluding hydrogens is 439 g/mol. The van der Waals surface area contributed by atoms with E-state index in [2.05, 4.69) is 34.7 Å². The molecule has 3 aromatic carbocycles. The van der Waals surface area contributed by atoms with Crippen LogP contribution in [0.1, 0.15) is 22.3 Å². The fraction of sp³-hybridized carbons (Fsp3) is 0.136. The topological polar surface area (TPSA) is 35.5 Å². The van der Waals surface area contributed by atoms with Crippen LogP contribution in [0.15, 0.2) is 66.4 Å². The van der Waals surface area contributed by atoms with Crippen molar-refractivity contribution in [3.63, 3.8) is 0 Å². The SMILES string of the molecule is O=C1/C(=C/c2cccc3ccccc23)Oc2cc(OCCCI)ccc21. The smallest absolute Gasteiger partial charge is 0.231 e. The standard InChI is InChI=1S/C22H17IO3/c23-11-4-12-25-17-9-10-19-20(14-17)26-21(22(19)24)13-16-7-3-6-15-5-1-2-8-18(15)16/h1-3,5-10,13-14H,4,11-12H2/b21-13-. The third-order valence-corrected chi connectivity index (χ3v) is 5.06. The molecule has 3 aromatic rings. The Kier molecular flexibility index (Phi) is 4.93. The zero-order chi connectivity index (χ0) is 17.9. The van der Waals surface area contributed by atoms with Crippen LogP contribution in [0.3, 0.4) is 0 Å². The second-order valence-electron chi connectivity index (χ2n) is 6.06. The Morgan fingerprint density at radius 3 is 2.77 bits per heavy atom. The molecule has 0 aromatic heterocycles. The van der Waals surface area contributed by atoms with Gasteiger partial charge in [-0.05, 0) is 41.0 Å². The summed E-state index contributed by atoms with van der Waals surface area (Å²) in [7, 11) is 0. The molecule has 0 spiro atoms. The van der Waals surface area contributed by atoms with Gasteiger partial charge in [0.2, 0.25) is 5.78 Å². The van der Waals surface area contributed by atoms with E-state index >= 15 is 0 Å². The van der Waals surface area contributed by atoms with E-state index in [1.807, 2.05) is 42.5 Å². The molecule has 3 nitrogen and oxygen atoms in total. The van der Waals surface area contributed by atoms with Crippen molar-refractivity contribution in [2.24, 2.45) is 0 Å². The van der Waals surface area contributed by atoms with Gasteiger partial charge in [0.15, 0.2) is 5.76 Å². The Hall–Kier alpha value is -2.34. The van der Waals surface area contributed by atoms with Crippen LogP contribution in [0.5, 0.6) is 11.5 Å². The Labute approximate surface area is 165 Å². The van der Waals surface area contributed by atoms with E-state index < -0.39 is 0 Å². The van der Waals surface area contributed by atoms with Crippen molar-refractivity contribution in [3.8, 4) is 11.5 Å². The van der Waals surface area contributed by atoms with E-state index in [0.29, 0.717) is 23.7 Å². The monoisotopic (exact) mass is 456 g/mol. The maximum absolute atomic E-state index is 12.7. The lowest BCUT2D eigenvalue weighted by molar-refractivity contribution is 0.101. The van der Waals surface area contributed by atoms with Gasteiger partial charge in [-0.25, -0.2) is 0 Å². The largest absolute Gasteiger partial charge is 0.493 e. The fourth-order valence-electron chi connectivity index (χ4n) is 3.02. The van der Waals surface area contributed by atoms with Gasteiger partial charge in [-0.3, -0.25) is 4.79 Å². The Morgan fingerprint density at radius 2 is 1.88 bits per heavy atom. The quantitative estimate of drug-likeness (QED) is 0.215. The van der Waals surface area contributed by atoms with Gasteiger partial charge in [0.1, 0.15) is 11.5 Å². The van der Waals surface area contributed by atoms with E-state index in [4.69, 9.17) is 9.47 Å². The van der Waals surface area contributed by atoms with Gasteiger partial charge in [0.05, 0.1) is 12.2 Å². The molecule has 0 fully saturated rings. The average molecular weight is 456 g/mol. The second-order valence-corrected chi connectivity index (χ2v) is 7.14. The third-order valence-electron chi connectivity index (χ3n) is 4.30. The maximum Gasteiger partial charge on any atom is 0.231 e. The predicted molar refractivity (Wildman–Crippen MR) is 112 cm³/mol. The molecule has 0 radical (unpaired) electrons. The number of allylic oxidation sites excluding steroid dienone is 1. The van der Waals surface area contributed by atoms with Crippen molar-refractivity contribution >= 4 is 45.2 Å². The molecule has 4 heteroatoms. The molecule has 26 heavy (non-hydrogen) atoms. The first-order chi connectivity index (χ1) is 12.8. The number of carbonyl (C=O) groups excluding carboxylic acids is 1. The number of ketones is 1. The summed E-state index contributed by atoms with van der Waals surface area (Å²) in [6.45, 7) is 0.661. The molecule has 4 rings (SSSR count). The molecule has 1 aliphatic rings. The van der Waals surface area contributed by atoms with Gasteiger partial charge in [0.25, 0.3) is 0 Å². The molecule has 0 saturated carbocycles. The molecule has 0 amide bonds. The highest BCUT2D eigenvalue weighted by atomic mass is 127. The molecule has 0 aliphatic carbocycles. The van der Waals surface area contributed by atoms with Crippen molar-refractivity contribution in [1.82, 2.24) is 0 Å². The number of alkyl halides is 1. The normalized spacial score (nSPS) is 14.5. The highest BCUT2D eigenvalue weighted by Crippen LogP contribution is 2.35. The molecule has 0 bridgehead atoms. The molecule has 0 N–H and O–H groups in total. The van der Waals surface area contributed by atoms with Crippen molar-refractivity contribution in [1.29, 1.82) is 0 Å². The number of halogens is 1. The van der Waals surface area contributed by atoms with Gasteiger partial charge in [-0.15, -0.1) is 0 Å². The Balaban J connectivity index is 1.64. The van der Waals surface area contributed by atoms with E-state index in [1.54, 1.807) is 12.1 Å². The van der Waals surface area contributed by atoms with Crippen LogP contribution >= 0.6 is 22.6 Å².